The fourth-order valence-corrected chi connectivity index (χ4v) is 4.35. The number of rotatable bonds is 9. The molecule has 0 radical (unpaired) electrons. The Bertz CT molecular complexity index is 992. The minimum Gasteiger partial charge on any atom is -0.280 e. The number of benzene rings is 2. The quantitative estimate of drug-likeness (QED) is 0.363. The van der Waals surface area contributed by atoms with Crippen LogP contribution in [0.2, 0.25) is 0 Å². The third-order valence-corrected chi connectivity index (χ3v) is 6.33. The topological polar surface area (TPSA) is 57.0 Å². The molecule has 1 unspecified atom stereocenters. The van der Waals surface area contributed by atoms with E-state index in [0.29, 0.717) is 17.0 Å². The first-order valence-electron chi connectivity index (χ1n) is 10.7. The van der Waals surface area contributed by atoms with Gasteiger partial charge in [0.1, 0.15) is 11.1 Å². The average Bonchev–Trinajstić information content (AvgIpc) is 2.82. The zero-order valence-corrected chi connectivity index (χ0v) is 18.8. The largest absolute Gasteiger partial charge is 0.280 e. The number of amides is 1. The first-order chi connectivity index (χ1) is 15.2. The molecule has 1 heterocycles. The van der Waals surface area contributed by atoms with E-state index in [2.05, 4.69) is 13.0 Å². The Hall–Kier alpha value is -3.10. The number of aryl methyl sites for hydroxylation is 1. The SMILES string of the molecule is CCCCc1ccc(C#N)c(SC(CC)C(=O)N(c2ccccc2)c2ccccc2)n1. The molecule has 0 aliphatic carbocycles. The minimum absolute atomic E-state index is 0.0189. The molecule has 0 aliphatic rings. The Kier molecular flexibility index (Phi) is 8.26. The van der Waals surface area contributed by atoms with Gasteiger partial charge in [0.2, 0.25) is 5.91 Å². The van der Waals surface area contributed by atoms with Crippen LogP contribution < -0.4 is 4.90 Å². The summed E-state index contributed by atoms with van der Waals surface area (Å²) in [6.45, 7) is 4.14. The van der Waals surface area contributed by atoms with Crippen molar-refractivity contribution in [1.82, 2.24) is 4.98 Å². The molecular weight excluding hydrogens is 402 g/mol. The van der Waals surface area contributed by atoms with E-state index >= 15 is 0 Å². The van der Waals surface area contributed by atoms with Gasteiger partial charge in [-0.05, 0) is 55.7 Å². The van der Waals surface area contributed by atoms with Gasteiger partial charge in [0, 0.05) is 17.1 Å². The number of para-hydroxylation sites is 2. The van der Waals surface area contributed by atoms with E-state index in [-0.39, 0.29) is 11.2 Å². The number of aromatic nitrogens is 1. The summed E-state index contributed by atoms with van der Waals surface area (Å²) < 4.78 is 0. The highest BCUT2D eigenvalue weighted by Crippen LogP contribution is 2.33. The third-order valence-electron chi connectivity index (χ3n) is 4.97. The van der Waals surface area contributed by atoms with Gasteiger partial charge in [0.15, 0.2) is 0 Å². The highest BCUT2D eigenvalue weighted by atomic mass is 32.2. The van der Waals surface area contributed by atoms with Crippen molar-refractivity contribution in [3.8, 4) is 6.07 Å². The van der Waals surface area contributed by atoms with Crippen LogP contribution in [0.5, 0.6) is 0 Å². The highest BCUT2D eigenvalue weighted by Gasteiger charge is 2.27. The number of carbonyl (C=O) groups excluding carboxylic acids is 1. The maximum Gasteiger partial charge on any atom is 0.245 e. The maximum atomic E-state index is 13.7. The molecule has 1 amide bonds. The molecule has 0 N–H and O–H groups in total. The summed E-state index contributed by atoms with van der Waals surface area (Å²) in [6, 6.07) is 25.3. The van der Waals surface area contributed by atoms with Crippen molar-refractivity contribution >= 4 is 29.0 Å². The first kappa shape index (κ1) is 22.6. The summed E-state index contributed by atoms with van der Waals surface area (Å²) in [5.74, 6) is -0.0189. The Morgan fingerprint density at radius 2 is 1.61 bits per heavy atom. The van der Waals surface area contributed by atoms with Gasteiger partial charge in [-0.2, -0.15) is 5.26 Å². The smallest absolute Gasteiger partial charge is 0.245 e. The number of carbonyl (C=O) groups is 1. The second-order valence-electron chi connectivity index (χ2n) is 7.23. The van der Waals surface area contributed by atoms with Gasteiger partial charge in [-0.1, -0.05) is 68.4 Å². The number of hydrogen-bond acceptors (Lipinski definition) is 4. The van der Waals surface area contributed by atoms with Gasteiger partial charge in [0.25, 0.3) is 0 Å². The number of nitrogens with zero attached hydrogens (tertiary/aromatic N) is 3. The zero-order chi connectivity index (χ0) is 22.1. The highest BCUT2D eigenvalue weighted by molar-refractivity contribution is 8.00. The van der Waals surface area contributed by atoms with Gasteiger partial charge in [0.05, 0.1) is 10.8 Å². The lowest BCUT2D eigenvalue weighted by molar-refractivity contribution is -0.117. The molecule has 4 nitrogen and oxygen atoms in total. The molecule has 3 aromatic rings. The second-order valence-corrected chi connectivity index (χ2v) is 8.42. The lowest BCUT2D eigenvalue weighted by Crippen LogP contribution is -2.34. The summed E-state index contributed by atoms with van der Waals surface area (Å²) in [4.78, 5) is 20.2. The number of nitriles is 1. The van der Waals surface area contributed by atoms with Crippen LogP contribution in [-0.2, 0) is 11.2 Å². The molecule has 0 saturated heterocycles. The molecule has 2 aromatic carbocycles. The van der Waals surface area contributed by atoms with Gasteiger partial charge in [-0.3, -0.25) is 9.69 Å². The van der Waals surface area contributed by atoms with Crippen molar-refractivity contribution in [3.63, 3.8) is 0 Å². The van der Waals surface area contributed by atoms with E-state index in [9.17, 15) is 10.1 Å². The molecule has 1 aromatic heterocycles. The van der Waals surface area contributed by atoms with Crippen LogP contribution in [0.4, 0.5) is 11.4 Å². The molecule has 0 spiro atoms. The van der Waals surface area contributed by atoms with Crippen LogP contribution in [0.15, 0.2) is 77.8 Å². The van der Waals surface area contributed by atoms with Crippen molar-refractivity contribution in [3.05, 3.63) is 84.1 Å². The van der Waals surface area contributed by atoms with E-state index < -0.39 is 0 Å². The molecule has 3 rings (SSSR count). The predicted molar refractivity (Wildman–Crippen MR) is 128 cm³/mol. The molecule has 158 valence electrons. The summed E-state index contributed by atoms with van der Waals surface area (Å²) in [5, 5.41) is 9.85. The molecule has 0 aliphatic heterocycles. The predicted octanol–water partition coefficient (Wildman–Crippen LogP) is 6.53. The molecule has 31 heavy (non-hydrogen) atoms. The number of thioether (sulfide) groups is 1. The Morgan fingerprint density at radius 1 is 1.00 bits per heavy atom. The van der Waals surface area contributed by atoms with E-state index in [0.717, 1.165) is 36.3 Å². The van der Waals surface area contributed by atoms with Crippen LogP contribution in [0.1, 0.15) is 44.4 Å². The van der Waals surface area contributed by atoms with Crippen molar-refractivity contribution in [2.24, 2.45) is 0 Å². The number of pyridine rings is 1. The van der Waals surface area contributed by atoms with E-state index in [4.69, 9.17) is 4.98 Å². The van der Waals surface area contributed by atoms with Gasteiger partial charge in [-0.25, -0.2) is 4.98 Å². The van der Waals surface area contributed by atoms with Crippen molar-refractivity contribution in [2.45, 2.75) is 49.8 Å². The second kappa shape index (κ2) is 11.3. The standard InChI is InChI=1S/C26H27N3OS/c1-3-5-12-21-18-17-20(19-27)25(28-21)31-24(4-2)26(30)29(22-13-8-6-9-14-22)23-15-10-7-11-16-23/h6-11,13-18,24H,3-5,12H2,1-2H3. The normalized spacial score (nSPS) is 11.5. The van der Waals surface area contributed by atoms with E-state index in [1.807, 2.05) is 79.7 Å². The van der Waals surface area contributed by atoms with E-state index in [1.165, 1.54) is 11.8 Å². The van der Waals surface area contributed by atoms with Gasteiger partial charge < -0.3 is 0 Å². The van der Waals surface area contributed by atoms with Crippen molar-refractivity contribution in [2.75, 3.05) is 4.90 Å². The Balaban J connectivity index is 1.93. The maximum absolute atomic E-state index is 13.7. The first-order valence-corrected chi connectivity index (χ1v) is 11.6. The molecular formula is C26H27N3OS. The molecule has 0 saturated carbocycles. The van der Waals surface area contributed by atoms with Crippen LogP contribution in [0, 0.1) is 11.3 Å². The summed E-state index contributed by atoms with van der Waals surface area (Å²) in [6.07, 6.45) is 3.64. The van der Waals surface area contributed by atoms with Gasteiger partial charge >= 0.3 is 0 Å². The Labute approximate surface area is 188 Å². The zero-order valence-electron chi connectivity index (χ0n) is 18.0. The summed E-state index contributed by atoms with van der Waals surface area (Å²) in [7, 11) is 0. The summed E-state index contributed by atoms with van der Waals surface area (Å²) >= 11 is 1.39. The monoisotopic (exact) mass is 429 g/mol. The number of hydrogen-bond donors (Lipinski definition) is 0. The lowest BCUT2D eigenvalue weighted by Gasteiger charge is -2.27. The Morgan fingerprint density at radius 3 is 2.13 bits per heavy atom. The number of unbranched alkanes of at least 4 members (excludes halogenated alkanes) is 1. The van der Waals surface area contributed by atoms with Crippen LogP contribution in [-0.4, -0.2) is 16.1 Å². The number of anilines is 2. The molecule has 1 atom stereocenters. The van der Waals surface area contributed by atoms with Crippen molar-refractivity contribution in [1.29, 1.82) is 5.26 Å². The third kappa shape index (κ3) is 5.74. The lowest BCUT2D eigenvalue weighted by atomic mass is 10.2. The molecule has 0 bridgehead atoms. The van der Waals surface area contributed by atoms with Crippen LogP contribution in [0.3, 0.4) is 0 Å². The molecule has 0 fully saturated rings. The van der Waals surface area contributed by atoms with Crippen LogP contribution >= 0.6 is 11.8 Å². The molecule has 5 heteroatoms. The average molecular weight is 430 g/mol. The fraction of sp³-hybridized carbons (Fsp3) is 0.269. The fourth-order valence-electron chi connectivity index (χ4n) is 3.30. The summed E-state index contributed by atoms with van der Waals surface area (Å²) in [5.41, 5.74) is 3.13. The van der Waals surface area contributed by atoms with E-state index in [1.54, 1.807) is 4.90 Å². The van der Waals surface area contributed by atoms with Crippen LogP contribution in [0.25, 0.3) is 0 Å². The van der Waals surface area contributed by atoms with Crippen molar-refractivity contribution < 1.29 is 4.79 Å². The van der Waals surface area contributed by atoms with Gasteiger partial charge in [-0.15, -0.1) is 0 Å². The minimum atomic E-state index is -0.360.